The van der Waals surface area contributed by atoms with Crippen LogP contribution in [0, 0.1) is 11.6 Å². The predicted octanol–water partition coefficient (Wildman–Crippen LogP) is 2.47. The standard InChI is InChI=1S/C14H15F2N3O2/c1-3-11-18-12(14(20)21-4-2)13(17)19(11)10-7-8(15)5-6-9(10)16/h5-7H,3-4,17H2,1-2H3. The number of esters is 1. The molecule has 2 rings (SSSR count). The number of imidazole rings is 1. The van der Waals surface area contributed by atoms with E-state index in [4.69, 9.17) is 10.5 Å². The first-order valence-corrected chi connectivity index (χ1v) is 6.49. The maximum atomic E-state index is 13.9. The average molecular weight is 295 g/mol. The average Bonchev–Trinajstić information content (AvgIpc) is 2.78. The van der Waals surface area contributed by atoms with Crippen molar-refractivity contribution >= 4 is 11.8 Å². The molecular formula is C14H15F2N3O2. The fourth-order valence-corrected chi connectivity index (χ4v) is 1.99. The third-order valence-electron chi connectivity index (χ3n) is 2.92. The number of aromatic nitrogens is 2. The molecule has 1 heterocycles. The molecule has 0 aliphatic carbocycles. The molecule has 0 radical (unpaired) electrons. The molecule has 0 aliphatic rings. The van der Waals surface area contributed by atoms with E-state index >= 15 is 0 Å². The van der Waals surface area contributed by atoms with Gasteiger partial charge in [0.25, 0.3) is 0 Å². The first-order chi connectivity index (χ1) is 9.99. The van der Waals surface area contributed by atoms with Crippen LogP contribution in [-0.2, 0) is 11.2 Å². The summed E-state index contributed by atoms with van der Waals surface area (Å²) in [5.41, 5.74) is 5.68. The van der Waals surface area contributed by atoms with Crippen LogP contribution in [-0.4, -0.2) is 22.1 Å². The summed E-state index contributed by atoms with van der Waals surface area (Å²) in [7, 11) is 0. The van der Waals surface area contributed by atoms with Gasteiger partial charge in [-0.25, -0.2) is 18.6 Å². The highest BCUT2D eigenvalue weighted by Crippen LogP contribution is 2.24. The maximum absolute atomic E-state index is 13.9. The summed E-state index contributed by atoms with van der Waals surface area (Å²) in [4.78, 5) is 15.9. The van der Waals surface area contributed by atoms with Gasteiger partial charge < -0.3 is 10.5 Å². The lowest BCUT2D eigenvalue weighted by molar-refractivity contribution is 0.0521. The fraction of sp³-hybridized carbons (Fsp3) is 0.286. The van der Waals surface area contributed by atoms with Gasteiger partial charge in [-0.3, -0.25) is 4.57 Å². The topological polar surface area (TPSA) is 70.1 Å². The van der Waals surface area contributed by atoms with Gasteiger partial charge in [-0.05, 0) is 19.1 Å². The molecule has 0 bridgehead atoms. The van der Waals surface area contributed by atoms with Crippen molar-refractivity contribution in [1.29, 1.82) is 0 Å². The number of hydrogen-bond donors (Lipinski definition) is 1. The summed E-state index contributed by atoms with van der Waals surface area (Å²) in [5.74, 6) is -1.69. The third-order valence-corrected chi connectivity index (χ3v) is 2.92. The Morgan fingerprint density at radius 2 is 2.10 bits per heavy atom. The highest BCUT2D eigenvalue weighted by molar-refractivity contribution is 5.92. The number of anilines is 1. The number of nitrogens with zero attached hydrogens (tertiary/aromatic N) is 2. The van der Waals surface area contributed by atoms with Crippen molar-refractivity contribution in [2.24, 2.45) is 0 Å². The Labute approximate surface area is 120 Å². The molecule has 0 spiro atoms. The summed E-state index contributed by atoms with van der Waals surface area (Å²) in [6.07, 6.45) is 0.388. The van der Waals surface area contributed by atoms with Gasteiger partial charge in [-0.15, -0.1) is 0 Å². The second-order valence-electron chi connectivity index (χ2n) is 4.27. The van der Waals surface area contributed by atoms with E-state index in [1.54, 1.807) is 13.8 Å². The van der Waals surface area contributed by atoms with Gasteiger partial charge >= 0.3 is 5.97 Å². The first kappa shape index (κ1) is 15.0. The minimum Gasteiger partial charge on any atom is -0.461 e. The van der Waals surface area contributed by atoms with Gasteiger partial charge in [0.05, 0.1) is 12.3 Å². The van der Waals surface area contributed by atoms with E-state index in [2.05, 4.69) is 4.98 Å². The summed E-state index contributed by atoms with van der Waals surface area (Å²) in [6, 6.07) is 3.00. The molecular weight excluding hydrogens is 280 g/mol. The SMILES string of the molecule is CCOC(=O)c1nc(CC)n(-c2cc(F)ccc2F)c1N. The summed E-state index contributed by atoms with van der Waals surface area (Å²) < 4.78 is 33.4. The molecule has 0 fully saturated rings. The van der Waals surface area contributed by atoms with Crippen LogP contribution in [0.1, 0.15) is 30.2 Å². The number of hydrogen-bond acceptors (Lipinski definition) is 4. The van der Waals surface area contributed by atoms with E-state index in [1.165, 1.54) is 4.57 Å². The van der Waals surface area contributed by atoms with Crippen LogP contribution >= 0.6 is 0 Å². The Kier molecular flexibility index (Phi) is 4.21. The minimum absolute atomic E-state index is 0.0743. The summed E-state index contributed by atoms with van der Waals surface area (Å²) in [5, 5.41) is 0. The molecule has 112 valence electrons. The molecule has 5 nitrogen and oxygen atoms in total. The van der Waals surface area contributed by atoms with E-state index < -0.39 is 17.6 Å². The Morgan fingerprint density at radius 3 is 2.71 bits per heavy atom. The molecule has 0 unspecified atom stereocenters. The van der Waals surface area contributed by atoms with Gasteiger partial charge in [0.1, 0.15) is 23.3 Å². The largest absolute Gasteiger partial charge is 0.461 e. The van der Waals surface area contributed by atoms with Gasteiger partial charge in [0, 0.05) is 12.5 Å². The quantitative estimate of drug-likeness (QED) is 0.880. The minimum atomic E-state index is -0.694. The molecule has 7 heteroatoms. The number of carbonyl (C=O) groups excluding carboxylic acids is 1. The Balaban J connectivity index is 2.63. The predicted molar refractivity (Wildman–Crippen MR) is 73.2 cm³/mol. The van der Waals surface area contributed by atoms with E-state index in [-0.39, 0.29) is 23.8 Å². The molecule has 1 aromatic heterocycles. The Bertz CT molecular complexity index is 683. The van der Waals surface area contributed by atoms with Crippen molar-refractivity contribution in [2.45, 2.75) is 20.3 Å². The van der Waals surface area contributed by atoms with Crippen molar-refractivity contribution < 1.29 is 18.3 Å². The molecule has 21 heavy (non-hydrogen) atoms. The van der Waals surface area contributed by atoms with E-state index in [1.807, 2.05) is 0 Å². The number of rotatable bonds is 4. The van der Waals surface area contributed by atoms with Crippen molar-refractivity contribution in [1.82, 2.24) is 9.55 Å². The lowest BCUT2D eigenvalue weighted by Gasteiger charge is -2.10. The van der Waals surface area contributed by atoms with Crippen LogP contribution < -0.4 is 5.73 Å². The normalized spacial score (nSPS) is 10.7. The molecule has 0 atom stereocenters. The summed E-state index contributed by atoms with van der Waals surface area (Å²) >= 11 is 0. The molecule has 0 amide bonds. The zero-order valence-corrected chi connectivity index (χ0v) is 11.7. The van der Waals surface area contributed by atoms with E-state index in [0.29, 0.717) is 12.2 Å². The van der Waals surface area contributed by atoms with Gasteiger partial charge in [-0.1, -0.05) is 6.92 Å². The van der Waals surface area contributed by atoms with E-state index in [0.717, 1.165) is 18.2 Å². The van der Waals surface area contributed by atoms with Crippen LogP contribution in [0.5, 0.6) is 0 Å². The van der Waals surface area contributed by atoms with Crippen molar-refractivity contribution in [3.05, 3.63) is 41.4 Å². The molecule has 0 saturated carbocycles. The van der Waals surface area contributed by atoms with Gasteiger partial charge in [-0.2, -0.15) is 0 Å². The number of halogens is 2. The number of nitrogens with two attached hydrogens (primary N) is 1. The van der Waals surface area contributed by atoms with Crippen LogP contribution in [0.25, 0.3) is 5.69 Å². The number of ether oxygens (including phenoxy) is 1. The molecule has 1 aromatic carbocycles. The lowest BCUT2D eigenvalue weighted by Crippen LogP contribution is -2.10. The van der Waals surface area contributed by atoms with Crippen LogP contribution in [0.3, 0.4) is 0 Å². The fourth-order valence-electron chi connectivity index (χ4n) is 1.99. The smallest absolute Gasteiger partial charge is 0.360 e. The zero-order valence-electron chi connectivity index (χ0n) is 11.7. The maximum Gasteiger partial charge on any atom is 0.360 e. The summed E-state index contributed by atoms with van der Waals surface area (Å²) in [6.45, 7) is 3.59. The Hall–Kier alpha value is -2.44. The molecule has 0 saturated heterocycles. The molecule has 2 N–H and O–H groups in total. The number of benzene rings is 1. The number of nitrogen functional groups attached to an aromatic ring is 1. The third kappa shape index (κ3) is 2.72. The highest BCUT2D eigenvalue weighted by atomic mass is 19.1. The van der Waals surface area contributed by atoms with Crippen LogP contribution in [0.2, 0.25) is 0 Å². The van der Waals surface area contributed by atoms with Gasteiger partial charge in [0.15, 0.2) is 5.69 Å². The zero-order chi connectivity index (χ0) is 15.6. The monoisotopic (exact) mass is 295 g/mol. The second kappa shape index (κ2) is 5.90. The van der Waals surface area contributed by atoms with Crippen molar-refractivity contribution in [2.75, 3.05) is 12.3 Å². The van der Waals surface area contributed by atoms with Crippen molar-refractivity contribution in [3.8, 4) is 5.69 Å². The van der Waals surface area contributed by atoms with Crippen molar-refractivity contribution in [3.63, 3.8) is 0 Å². The second-order valence-corrected chi connectivity index (χ2v) is 4.27. The Morgan fingerprint density at radius 1 is 1.38 bits per heavy atom. The molecule has 2 aromatic rings. The van der Waals surface area contributed by atoms with Crippen LogP contribution in [0.4, 0.5) is 14.6 Å². The first-order valence-electron chi connectivity index (χ1n) is 6.49. The number of aryl methyl sites for hydroxylation is 1. The lowest BCUT2D eigenvalue weighted by atomic mass is 10.2. The number of carbonyl (C=O) groups is 1. The molecule has 0 aliphatic heterocycles. The van der Waals surface area contributed by atoms with Gasteiger partial charge in [0.2, 0.25) is 0 Å². The highest BCUT2D eigenvalue weighted by Gasteiger charge is 2.23. The van der Waals surface area contributed by atoms with E-state index in [9.17, 15) is 13.6 Å². The van der Waals surface area contributed by atoms with Crippen LogP contribution in [0.15, 0.2) is 18.2 Å².